The van der Waals surface area contributed by atoms with Gasteiger partial charge in [0.1, 0.15) is 17.8 Å². The summed E-state index contributed by atoms with van der Waals surface area (Å²) in [6, 6.07) is 0. The molecule has 0 radical (unpaired) electrons. The highest BCUT2D eigenvalue weighted by Gasteiger charge is 2.81. The van der Waals surface area contributed by atoms with Gasteiger partial charge >= 0.3 is 5.97 Å². The zero-order valence-electron chi connectivity index (χ0n) is 21.2. The maximum atomic E-state index is 13.7. The number of ether oxygens (including phenoxy) is 2. The van der Waals surface area contributed by atoms with E-state index in [1.165, 1.54) is 13.0 Å². The van der Waals surface area contributed by atoms with E-state index in [4.69, 9.17) is 9.47 Å². The Balaban J connectivity index is 1.83. The molecular formula is C26H41NO7. The van der Waals surface area contributed by atoms with Crippen molar-refractivity contribution < 1.29 is 34.4 Å². The van der Waals surface area contributed by atoms with E-state index in [9.17, 15) is 24.9 Å². The van der Waals surface area contributed by atoms with Gasteiger partial charge in [-0.25, -0.2) is 0 Å². The van der Waals surface area contributed by atoms with Crippen LogP contribution in [-0.2, 0) is 19.1 Å². The first kappa shape index (κ1) is 25.8. The lowest BCUT2D eigenvalue weighted by molar-refractivity contribution is -0.370. The van der Waals surface area contributed by atoms with E-state index in [1.807, 2.05) is 18.7 Å². The highest BCUT2D eigenvalue weighted by atomic mass is 16.6. The van der Waals surface area contributed by atoms with Crippen LogP contribution in [0.15, 0.2) is 12.7 Å². The first-order valence-electron chi connectivity index (χ1n) is 12.5. The number of rotatable bonds is 4. The molecule has 8 nitrogen and oxygen atoms in total. The molecule has 0 spiro atoms. The van der Waals surface area contributed by atoms with Crippen molar-refractivity contribution >= 4 is 11.8 Å². The molecule has 0 aromatic heterocycles. The molecule has 0 bridgehead atoms. The lowest BCUT2D eigenvalue weighted by Gasteiger charge is -2.71. The van der Waals surface area contributed by atoms with Crippen LogP contribution < -0.4 is 0 Å². The predicted molar refractivity (Wildman–Crippen MR) is 125 cm³/mol. The monoisotopic (exact) mass is 479 g/mol. The second-order valence-electron chi connectivity index (χ2n) is 12.2. The van der Waals surface area contributed by atoms with E-state index in [1.54, 1.807) is 13.8 Å². The minimum absolute atomic E-state index is 0.112. The molecule has 2 saturated carbocycles. The van der Waals surface area contributed by atoms with Gasteiger partial charge in [0.2, 0.25) is 0 Å². The number of nitrogens with zero attached hydrogens (tertiary/aromatic N) is 1. The lowest BCUT2D eigenvalue weighted by atomic mass is 9.40. The number of likely N-dealkylation sites (tertiary alicyclic amines) is 1. The molecule has 8 atom stereocenters. The molecule has 2 heterocycles. The van der Waals surface area contributed by atoms with Crippen LogP contribution in [-0.4, -0.2) is 86.7 Å². The summed E-state index contributed by atoms with van der Waals surface area (Å²) in [6.45, 7) is 14.4. The number of carbonyl (C=O) groups is 2. The molecule has 4 rings (SSSR count). The van der Waals surface area contributed by atoms with Crippen molar-refractivity contribution in [3.05, 3.63) is 12.7 Å². The van der Waals surface area contributed by atoms with Gasteiger partial charge in [-0.05, 0) is 58.0 Å². The Kier molecular flexibility index (Phi) is 6.14. The molecule has 0 unspecified atom stereocenters. The number of aliphatic hydroxyl groups is 3. The van der Waals surface area contributed by atoms with Crippen LogP contribution in [0.25, 0.3) is 0 Å². The van der Waals surface area contributed by atoms with Gasteiger partial charge < -0.3 is 24.8 Å². The summed E-state index contributed by atoms with van der Waals surface area (Å²) in [6.07, 6.45) is 0.754. The third kappa shape index (κ3) is 3.36. The zero-order chi connectivity index (χ0) is 25.3. The fraction of sp³-hybridized carbons (Fsp3) is 0.846. The summed E-state index contributed by atoms with van der Waals surface area (Å²) in [7, 11) is 0. The van der Waals surface area contributed by atoms with Crippen molar-refractivity contribution in [1.82, 2.24) is 4.90 Å². The summed E-state index contributed by atoms with van der Waals surface area (Å²) in [5, 5.41) is 35.4. The van der Waals surface area contributed by atoms with Crippen LogP contribution >= 0.6 is 0 Å². The number of hydrogen-bond donors (Lipinski definition) is 3. The molecule has 2 aliphatic carbocycles. The Bertz CT molecular complexity index is 869. The van der Waals surface area contributed by atoms with Crippen molar-refractivity contribution in [2.45, 2.75) is 102 Å². The van der Waals surface area contributed by atoms with Gasteiger partial charge in [-0.1, -0.05) is 26.8 Å². The van der Waals surface area contributed by atoms with Crippen molar-refractivity contribution in [2.75, 3.05) is 19.6 Å². The van der Waals surface area contributed by atoms with E-state index in [-0.39, 0.29) is 13.0 Å². The SMILES string of the molecule is C=C[C@@]1(C)CC(=O)[C@]2(O)[C@@]3(C)[C@@H](O)CCC(C)(C)[C@@H]3[C@H](OC(=O)CN3CCCC3)[C@H](O)[C@@]2(C)O1. The van der Waals surface area contributed by atoms with E-state index < -0.39 is 63.6 Å². The van der Waals surface area contributed by atoms with Crippen molar-refractivity contribution in [3.63, 3.8) is 0 Å². The quantitative estimate of drug-likeness (QED) is 0.411. The van der Waals surface area contributed by atoms with Crippen molar-refractivity contribution in [2.24, 2.45) is 16.7 Å². The van der Waals surface area contributed by atoms with Crippen LogP contribution in [0.4, 0.5) is 0 Å². The van der Waals surface area contributed by atoms with E-state index in [0.29, 0.717) is 12.8 Å². The number of hydrogen-bond acceptors (Lipinski definition) is 8. The Morgan fingerprint density at radius 1 is 1.21 bits per heavy atom. The highest BCUT2D eigenvalue weighted by Crippen LogP contribution is 2.67. The maximum absolute atomic E-state index is 13.7. The molecule has 4 aliphatic rings. The molecule has 2 aliphatic heterocycles. The van der Waals surface area contributed by atoms with Crippen LogP contribution in [0.3, 0.4) is 0 Å². The number of Topliss-reactive ketones (excluding diaryl/α,β-unsaturated/α-hetero) is 1. The number of aliphatic hydroxyl groups excluding tert-OH is 2. The van der Waals surface area contributed by atoms with Crippen molar-refractivity contribution in [3.8, 4) is 0 Å². The minimum Gasteiger partial charge on any atom is -0.458 e. The molecule has 8 heteroatoms. The van der Waals surface area contributed by atoms with E-state index in [0.717, 1.165) is 25.9 Å². The van der Waals surface area contributed by atoms with E-state index in [2.05, 4.69) is 6.58 Å². The van der Waals surface area contributed by atoms with E-state index >= 15 is 0 Å². The van der Waals surface area contributed by atoms with Crippen LogP contribution in [0.2, 0.25) is 0 Å². The predicted octanol–water partition coefficient (Wildman–Crippen LogP) is 1.60. The zero-order valence-corrected chi connectivity index (χ0v) is 21.2. The topological polar surface area (TPSA) is 117 Å². The maximum Gasteiger partial charge on any atom is 0.320 e. The van der Waals surface area contributed by atoms with Gasteiger partial charge in [-0.3, -0.25) is 14.5 Å². The number of ketones is 1. The Morgan fingerprint density at radius 3 is 2.41 bits per heavy atom. The Morgan fingerprint density at radius 2 is 1.82 bits per heavy atom. The average molecular weight is 480 g/mol. The third-order valence-corrected chi connectivity index (χ3v) is 9.56. The van der Waals surface area contributed by atoms with Crippen molar-refractivity contribution in [1.29, 1.82) is 0 Å². The first-order valence-corrected chi connectivity index (χ1v) is 12.5. The molecule has 3 N–H and O–H groups in total. The molecule has 0 aromatic rings. The number of carbonyl (C=O) groups excluding carboxylic acids is 2. The minimum atomic E-state index is -2.19. The summed E-state index contributed by atoms with van der Waals surface area (Å²) >= 11 is 0. The average Bonchev–Trinajstić information content (AvgIpc) is 3.25. The fourth-order valence-corrected chi connectivity index (χ4v) is 7.72. The van der Waals surface area contributed by atoms with Gasteiger partial charge in [0.25, 0.3) is 0 Å². The van der Waals surface area contributed by atoms with Gasteiger partial charge in [0, 0.05) is 17.8 Å². The number of esters is 1. The first-order chi connectivity index (χ1) is 15.7. The van der Waals surface area contributed by atoms with Gasteiger partial charge in [-0.15, -0.1) is 6.58 Å². The molecule has 0 aromatic carbocycles. The van der Waals surface area contributed by atoms with Crippen LogP contribution in [0.1, 0.15) is 66.7 Å². The molecule has 192 valence electrons. The second kappa shape index (κ2) is 8.10. The largest absolute Gasteiger partial charge is 0.458 e. The Hall–Kier alpha value is -1.32. The molecular weight excluding hydrogens is 438 g/mol. The summed E-state index contributed by atoms with van der Waals surface area (Å²) in [5.41, 5.74) is -7.10. The summed E-state index contributed by atoms with van der Waals surface area (Å²) in [4.78, 5) is 28.8. The smallest absolute Gasteiger partial charge is 0.320 e. The lowest BCUT2D eigenvalue weighted by Crippen LogP contribution is -2.86. The standard InChI is InChI=1S/C26H41NO7/c1-7-23(4)14-17(29)26(32)24(5)16(28)10-11-22(2,3)20(24)19(21(31)25(26,6)34-23)33-18(30)15-27-12-8-9-13-27/h7,16,19-21,28,31-32H,1,8-15H2,2-6H3/t16-,19-,20-,21-,23-,24-,25+,26-/m0/s1. The van der Waals surface area contributed by atoms with Gasteiger partial charge in [-0.2, -0.15) is 0 Å². The number of fused-ring (bicyclic) bond motifs is 3. The molecule has 2 saturated heterocycles. The molecule has 4 fully saturated rings. The highest BCUT2D eigenvalue weighted by molar-refractivity contribution is 5.92. The van der Waals surface area contributed by atoms with Crippen LogP contribution in [0.5, 0.6) is 0 Å². The third-order valence-electron chi connectivity index (χ3n) is 9.56. The van der Waals surface area contributed by atoms with Gasteiger partial charge in [0.05, 0.1) is 18.2 Å². The molecule has 0 amide bonds. The summed E-state index contributed by atoms with van der Waals surface area (Å²) < 4.78 is 12.3. The Labute approximate surface area is 202 Å². The van der Waals surface area contributed by atoms with Gasteiger partial charge in [0.15, 0.2) is 11.4 Å². The molecule has 34 heavy (non-hydrogen) atoms. The normalized spacial score (nSPS) is 48.6. The second-order valence-corrected chi connectivity index (χ2v) is 12.2. The fourth-order valence-electron chi connectivity index (χ4n) is 7.72. The van der Waals surface area contributed by atoms with Crippen LogP contribution in [0, 0.1) is 16.7 Å². The summed E-state index contributed by atoms with van der Waals surface area (Å²) in [5.74, 6) is -1.65.